The molecule has 2 rings (SSSR count). The predicted molar refractivity (Wildman–Crippen MR) is 87.1 cm³/mol. The van der Waals surface area contributed by atoms with Gasteiger partial charge >= 0.3 is 6.03 Å². The summed E-state index contributed by atoms with van der Waals surface area (Å²) in [6.45, 7) is -0.422. The van der Waals surface area contributed by atoms with Crippen molar-refractivity contribution in [3.05, 3.63) is 29.0 Å². The molecule has 124 valence electrons. The lowest BCUT2D eigenvalue weighted by Crippen LogP contribution is -2.38. The Balaban J connectivity index is 1.97. The topological polar surface area (TPSA) is 78.5 Å². The number of nitrogens with one attached hydrogen (secondary N) is 2. The van der Waals surface area contributed by atoms with Crippen LogP contribution < -0.4 is 10.6 Å². The summed E-state index contributed by atoms with van der Waals surface area (Å²) in [5.74, 6) is -0.822. The summed E-state index contributed by atoms with van der Waals surface area (Å²) in [7, 11) is 0. The first-order valence-corrected chi connectivity index (χ1v) is 8.55. The third-order valence-electron chi connectivity index (χ3n) is 3.22. The molecule has 6 nitrogen and oxygen atoms in total. The van der Waals surface area contributed by atoms with E-state index in [0.717, 1.165) is 22.8 Å². The van der Waals surface area contributed by atoms with Crippen molar-refractivity contribution in [3.63, 3.8) is 0 Å². The Morgan fingerprint density at radius 3 is 2.87 bits per heavy atom. The Kier molecular flexibility index (Phi) is 5.84. The van der Waals surface area contributed by atoms with Crippen LogP contribution in [0.4, 0.5) is 14.9 Å². The molecule has 0 bridgehead atoms. The van der Waals surface area contributed by atoms with E-state index in [1.54, 1.807) is 11.8 Å². The van der Waals surface area contributed by atoms with Gasteiger partial charge in [0.05, 0.1) is 10.7 Å². The van der Waals surface area contributed by atoms with E-state index in [-0.39, 0.29) is 10.7 Å². The number of anilines is 1. The largest absolute Gasteiger partial charge is 0.326 e. The van der Waals surface area contributed by atoms with Gasteiger partial charge in [-0.2, -0.15) is 11.8 Å². The van der Waals surface area contributed by atoms with E-state index in [4.69, 9.17) is 11.6 Å². The fraction of sp³-hybridized carbons (Fsp3) is 0.357. The fourth-order valence-corrected chi connectivity index (χ4v) is 2.77. The van der Waals surface area contributed by atoms with Crippen LogP contribution >= 0.6 is 23.4 Å². The molecule has 1 aromatic carbocycles. The Morgan fingerprint density at radius 2 is 2.22 bits per heavy atom. The highest BCUT2D eigenvalue weighted by molar-refractivity contribution is 7.98. The van der Waals surface area contributed by atoms with Gasteiger partial charge in [0.2, 0.25) is 5.91 Å². The molecule has 23 heavy (non-hydrogen) atoms. The van der Waals surface area contributed by atoms with Crippen LogP contribution in [-0.4, -0.2) is 47.3 Å². The third kappa shape index (κ3) is 4.35. The van der Waals surface area contributed by atoms with E-state index >= 15 is 0 Å². The van der Waals surface area contributed by atoms with Crippen LogP contribution in [0.1, 0.15) is 6.42 Å². The van der Waals surface area contributed by atoms with Gasteiger partial charge in [0, 0.05) is 0 Å². The molecule has 0 aromatic heterocycles. The number of thioether (sulfide) groups is 1. The molecule has 1 fully saturated rings. The lowest BCUT2D eigenvalue weighted by atomic mass is 10.2. The van der Waals surface area contributed by atoms with E-state index in [0.29, 0.717) is 6.42 Å². The van der Waals surface area contributed by atoms with Gasteiger partial charge in [-0.1, -0.05) is 11.6 Å². The van der Waals surface area contributed by atoms with Gasteiger partial charge in [0.25, 0.3) is 5.91 Å². The minimum Gasteiger partial charge on any atom is -0.326 e. The zero-order valence-electron chi connectivity index (χ0n) is 12.3. The normalized spacial score (nSPS) is 17.3. The summed E-state index contributed by atoms with van der Waals surface area (Å²) < 4.78 is 13.0. The number of urea groups is 1. The molecule has 1 aliphatic heterocycles. The number of carbonyl (C=O) groups excluding carboxylic acids is 3. The van der Waals surface area contributed by atoms with E-state index in [9.17, 15) is 18.8 Å². The third-order valence-corrected chi connectivity index (χ3v) is 4.18. The van der Waals surface area contributed by atoms with Gasteiger partial charge in [-0.3, -0.25) is 14.5 Å². The molecule has 2 N–H and O–H groups in total. The Bertz CT molecular complexity index is 644. The number of imide groups is 1. The van der Waals surface area contributed by atoms with E-state index < -0.39 is 36.2 Å². The summed E-state index contributed by atoms with van der Waals surface area (Å²) in [6.07, 6.45) is 2.41. The minimum absolute atomic E-state index is 0.0356. The molecule has 0 unspecified atom stereocenters. The zero-order valence-corrected chi connectivity index (χ0v) is 13.8. The van der Waals surface area contributed by atoms with Crippen molar-refractivity contribution in [1.29, 1.82) is 0 Å². The van der Waals surface area contributed by atoms with Crippen LogP contribution in [0.5, 0.6) is 0 Å². The Morgan fingerprint density at radius 1 is 1.48 bits per heavy atom. The molecule has 4 amide bonds. The average Bonchev–Trinajstić information content (AvgIpc) is 2.75. The number of carbonyl (C=O) groups is 3. The summed E-state index contributed by atoms with van der Waals surface area (Å²) in [6, 6.07) is 2.32. The molecular weight excluding hydrogens is 345 g/mol. The van der Waals surface area contributed by atoms with Crippen LogP contribution in [0.2, 0.25) is 5.02 Å². The molecule has 1 atom stereocenters. The van der Waals surface area contributed by atoms with Crippen LogP contribution in [0.25, 0.3) is 0 Å². The molecule has 0 spiro atoms. The number of hydrogen-bond acceptors (Lipinski definition) is 4. The number of amides is 4. The summed E-state index contributed by atoms with van der Waals surface area (Å²) in [5, 5.41) is 5.03. The molecule has 9 heteroatoms. The van der Waals surface area contributed by atoms with Gasteiger partial charge < -0.3 is 10.6 Å². The molecular formula is C14H15ClFN3O3S. The first-order chi connectivity index (χ1) is 10.9. The van der Waals surface area contributed by atoms with Crippen molar-refractivity contribution in [3.8, 4) is 0 Å². The summed E-state index contributed by atoms with van der Waals surface area (Å²) >= 11 is 7.38. The van der Waals surface area contributed by atoms with Crippen molar-refractivity contribution in [2.24, 2.45) is 0 Å². The molecule has 1 aliphatic rings. The van der Waals surface area contributed by atoms with Crippen LogP contribution in [0.3, 0.4) is 0 Å². The first kappa shape index (κ1) is 17.6. The fourth-order valence-electron chi connectivity index (χ4n) is 2.08. The SMILES string of the molecule is CSCC[C@H]1NC(=O)N(CC(=O)Nc2ccc(F)cc2Cl)C1=O. The second-order valence-corrected chi connectivity index (χ2v) is 6.27. The van der Waals surface area contributed by atoms with Gasteiger partial charge in [-0.25, -0.2) is 9.18 Å². The number of rotatable bonds is 6. The zero-order chi connectivity index (χ0) is 17.0. The lowest BCUT2D eigenvalue weighted by molar-refractivity contribution is -0.130. The maximum absolute atomic E-state index is 13.0. The molecule has 1 saturated heterocycles. The molecule has 1 heterocycles. The van der Waals surface area contributed by atoms with Gasteiger partial charge in [-0.05, 0) is 36.6 Å². The number of nitrogens with zero attached hydrogens (tertiary/aromatic N) is 1. The summed E-state index contributed by atoms with van der Waals surface area (Å²) in [4.78, 5) is 36.7. The number of halogens is 2. The predicted octanol–water partition coefficient (Wildman–Crippen LogP) is 2.09. The van der Waals surface area contributed by atoms with Crippen molar-refractivity contribution in [2.45, 2.75) is 12.5 Å². The van der Waals surface area contributed by atoms with Crippen LogP contribution in [0, 0.1) is 5.82 Å². The van der Waals surface area contributed by atoms with Crippen molar-refractivity contribution < 1.29 is 18.8 Å². The monoisotopic (exact) mass is 359 g/mol. The highest BCUT2D eigenvalue weighted by atomic mass is 35.5. The second kappa shape index (κ2) is 7.65. The van der Waals surface area contributed by atoms with Crippen molar-refractivity contribution in [1.82, 2.24) is 10.2 Å². The van der Waals surface area contributed by atoms with Gasteiger partial charge in [0.1, 0.15) is 18.4 Å². The van der Waals surface area contributed by atoms with E-state index in [1.165, 1.54) is 6.07 Å². The Labute approximate surface area is 141 Å². The molecule has 0 saturated carbocycles. The smallest absolute Gasteiger partial charge is 0.325 e. The number of hydrogen-bond donors (Lipinski definition) is 2. The molecule has 0 aliphatic carbocycles. The molecule has 1 aromatic rings. The van der Waals surface area contributed by atoms with Crippen molar-refractivity contribution >= 4 is 46.9 Å². The lowest BCUT2D eigenvalue weighted by Gasteiger charge is -2.13. The van der Waals surface area contributed by atoms with E-state index in [2.05, 4.69) is 10.6 Å². The summed E-state index contributed by atoms with van der Waals surface area (Å²) in [5.41, 5.74) is 0.212. The minimum atomic E-state index is -0.600. The van der Waals surface area contributed by atoms with Crippen molar-refractivity contribution in [2.75, 3.05) is 23.9 Å². The van der Waals surface area contributed by atoms with Gasteiger partial charge in [0.15, 0.2) is 0 Å². The van der Waals surface area contributed by atoms with Crippen LogP contribution in [-0.2, 0) is 9.59 Å². The quantitative estimate of drug-likeness (QED) is 0.762. The highest BCUT2D eigenvalue weighted by Crippen LogP contribution is 2.22. The average molecular weight is 360 g/mol. The first-order valence-electron chi connectivity index (χ1n) is 6.78. The maximum atomic E-state index is 13.0. The second-order valence-electron chi connectivity index (χ2n) is 4.88. The highest BCUT2D eigenvalue weighted by Gasteiger charge is 2.38. The number of benzene rings is 1. The van der Waals surface area contributed by atoms with Crippen LogP contribution in [0.15, 0.2) is 18.2 Å². The Hall–Kier alpha value is -1.80. The maximum Gasteiger partial charge on any atom is 0.325 e. The molecule has 0 radical (unpaired) electrons. The standard InChI is InChI=1S/C14H15ClFN3O3S/c1-23-5-4-11-13(21)19(14(22)18-11)7-12(20)17-10-3-2-8(16)6-9(10)15/h2-3,6,11H,4-5,7H2,1H3,(H,17,20)(H,18,22)/t11-/m1/s1. The van der Waals surface area contributed by atoms with E-state index in [1.807, 2.05) is 6.26 Å². The van der Waals surface area contributed by atoms with Gasteiger partial charge in [-0.15, -0.1) is 0 Å².